The van der Waals surface area contributed by atoms with Crippen LogP contribution in [0.15, 0.2) is 29.2 Å². The largest absolute Gasteiger partial charge is 0.380 e. The molecule has 0 N–H and O–H groups in total. The van der Waals surface area contributed by atoms with Gasteiger partial charge < -0.3 is 9.64 Å². The highest BCUT2D eigenvalue weighted by atomic mass is 32.2. The van der Waals surface area contributed by atoms with Crippen LogP contribution in [-0.4, -0.2) is 49.8 Å². The van der Waals surface area contributed by atoms with E-state index in [0.29, 0.717) is 5.78 Å². The summed E-state index contributed by atoms with van der Waals surface area (Å²) in [6, 6.07) is 8.00. The molecule has 1 aromatic rings. The van der Waals surface area contributed by atoms with Gasteiger partial charge in [-0.1, -0.05) is 12.1 Å². The fourth-order valence-corrected chi connectivity index (χ4v) is 3.21. The summed E-state index contributed by atoms with van der Waals surface area (Å²) in [7, 11) is 0. The minimum atomic E-state index is 0.139. The third-order valence-corrected chi connectivity index (χ3v) is 4.75. The lowest BCUT2D eigenvalue weighted by molar-refractivity contribution is 0.0720. The van der Waals surface area contributed by atoms with Gasteiger partial charge in [-0.3, -0.25) is 4.79 Å². The first-order chi connectivity index (χ1) is 10.2. The first kappa shape index (κ1) is 16.5. The van der Waals surface area contributed by atoms with Crippen molar-refractivity contribution in [2.45, 2.75) is 24.7 Å². The second-order valence-corrected chi connectivity index (χ2v) is 6.31. The van der Waals surface area contributed by atoms with Crippen molar-refractivity contribution < 1.29 is 9.53 Å². The van der Waals surface area contributed by atoms with E-state index in [1.165, 1.54) is 4.90 Å². The Balaban J connectivity index is 1.91. The molecular weight excluding hydrogens is 282 g/mol. The molecule has 1 heterocycles. The van der Waals surface area contributed by atoms with Gasteiger partial charge in [-0.2, -0.15) is 0 Å². The van der Waals surface area contributed by atoms with E-state index in [1.807, 2.05) is 37.4 Å². The van der Waals surface area contributed by atoms with Gasteiger partial charge in [0.2, 0.25) is 0 Å². The third kappa shape index (κ3) is 4.83. The summed E-state index contributed by atoms with van der Waals surface area (Å²) in [6.07, 6.45) is 4.16. The van der Waals surface area contributed by atoms with Crippen molar-refractivity contribution in [2.75, 3.05) is 39.1 Å². The van der Waals surface area contributed by atoms with Crippen LogP contribution in [0.1, 0.15) is 30.1 Å². The minimum Gasteiger partial charge on any atom is -0.380 e. The molecule has 0 aliphatic carbocycles. The number of thioether (sulfide) groups is 1. The first-order valence-electron chi connectivity index (χ1n) is 7.73. The highest BCUT2D eigenvalue weighted by Crippen LogP contribution is 2.22. The van der Waals surface area contributed by atoms with Gasteiger partial charge in [0.1, 0.15) is 0 Å². The molecule has 0 saturated carbocycles. The lowest BCUT2D eigenvalue weighted by Gasteiger charge is -2.31. The molecular formula is C17H25NO2S. The molecule has 3 nitrogen and oxygen atoms in total. The van der Waals surface area contributed by atoms with Gasteiger partial charge in [0.15, 0.2) is 5.78 Å². The first-order valence-corrected chi connectivity index (χ1v) is 8.95. The van der Waals surface area contributed by atoms with E-state index in [-0.39, 0.29) is 5.92 Å². The van der Waals surface area contributed by atoms with Crippen LogP contribution in [-0.2, 0) is 4.74 Å². The van der Waals surface area contributed by atoms with E-state index >= 15 is 0 Å². The lowest BCUT2D eigenvalue weighted by atomic mass is 9.90. The Kier molecular flexibility index (Phi) is 6.74. The number of likely N-dealkylation sites (tertiary alicyclic amines) is 1. The van der Waals surface area contributed by atoms with E-state index in [2.05, 4.69) is 4.90 Å². The highest BCUT2D eigenvalue weighted by molar-refractivity contribution is 7.98. The lowest BCUT2D eigenvalue weighted by Crippen LogP contribution is -2.40. The Labute approximate surface area is 132 Å². The summed E-state index contributed by atoms with van der Waals surface area (Å²) in [5.74, 6) is 0.435. The van der Waals surface area contributed by atoms with Crippen LogP contribution in [0.3, 0.4) is 0 Å². The fourth-order valence-electron chi connectivity index (χ4n) is 2.80. The standard InChI is InChI=1S/C17H25NO2S/c1-3-20-12-11-18-10-4-5-15(13-18)17(19)14-6-8-16(21-2)9-7-14/h6-9,15H,3-5,10-13H2,1-2H3/t15-/m1/s1. The van der Waals surface area contributed by atoms with Gasteiger partial charge >= 0.3 is 0 Å². The van der Waals surface area contributed by atoms with Crippen molar-refractivity contribution in [3.05, 3.63) is 29.8 Å². The molecule has 1 fully saturated rings. The molecule has 0 aromatic heterocycles. The minimum absolute atomic E-state index is 0.139. The smallest absolute Gasteiger partial charge is 0.167 e. The molecule has 4 heteroatoms. The molecule has 0 amide bonds. The van der Waals surface area contributed by atoms with Crippen molar-refractivity contribution in [3.63, 3.8) is 0 Å². The molecule has 1 aromatic carbocycles. The monoisotopic (exact) mass is 307 g/mol. The number of carbonyl (C=O) groups is 1. The molecule has 0 radical (unpaired) electrons. The molecule has 0 spiro atoms. The van der Waals surface area contributed by atoms with Crippen molar-refractivity contribution in [1.29, 1.82) is 0 Å². The number of ketones is 1. The van der Waals surface area contributed by atoms with Gasteiger partial charge in [0.05, 0.1) is 6.61 Å². The third-order valence-electron chi connectivity index (χ3n) is 4.01. The summed E-state index contributed by atoms with van der Waals surface area (Å²) >= 11 is 1.70. The van der Waals surface area contributed by atoms with Crippen LogP contribution in [0.25, 0.3) is 0 Å². The second kappa shape index (κ2) is 8.57. The van der Waals surface area contributed by atoms with Crippen molar-refractivity contribution in [1.82, 2.24) is 4.90 Å². The number of carbonyl (C=O) groups excluding carboxylic acids is 1. The summed E-state index contributed by atoms with van der Waals surface area (Å²) in [5.41, 5.74) is 0.851. The molecule has 1 atom stereocenters. The number of piperidine rings is 1. The predicted octanol–water partition coefficient (Wildman–Crippen LogP) is 3.34. The summed E-state index contributed by atoms with van der Waals surface area (Å²) in [4.78, 5) is 16.2. The Bertz CT molecular complexity index is 447. The zero-order chi connectivity index (χ0) is 15.1. The van der Waals surface area contributed by atoms with Crippen LogP contribution in [0.2, 0.25) is 0 Å². The van der Waals surface area contributed by atoms with Gasteiger partial charge in [-0.25, -0.2) is 0 Å². The number of nitrogens with zero attached hydrogens (tertiary/aromatic N) is 1. The highest BCUT2D eigenvalue weighted by Gasteiger charge is 2.26. The van der Waals surface area contributed by atoms with Gasteiger partial charge in [-0.05, 0) is 44.7 Å². The van der Waals surface area contributed by atoms with Crippen LogP contribution in [0.4, 0.5) is 0 Å². The van der Waals surface area contributed by atoms with E-state index in [1.54, 1.807) is 11.8 Å². The molecule has 1 aliphatic rings. The molecule has 21 heavy (non-hydrogen) atoms. The van der Waals surface area contributed by atoms with Crippen molar-refractivity contribution in [2.24, 2.45) is 5.92 Å². The van der Waals surface area contributed by atoms with Crippen LogP contribution in [0.5, 0.6) is 0 Å². The SMILES string of the molecule is CCOCCN1CCC[C@@H](C(=O)c2ccc(SC)cc2)C1. The average molecular weight is 307 g/mol. The van der Waals surface area contributed by atoms with E-state index in [4.69, 9.17) is 4.74 Å². The number of benzene rings is 1. The van der Waals surface area contributed by atoms with Crippen LogP contribution in [0, 0.1) is 5.92 Å². The quantitative estimate of drug-likeness (QED) is 0.439. The molecule has 1 aliphatic heterocycles. The molecule has 2 rings (SSSR count). The zero-order valence-electron chi connectivity index (χ0n) is 13.0. The van der Waals surface area contributed by atoms with Gasteiger partial charge in [0, 0.05) is 36.1 Å². The molecule has 0 unspecified atom stereocenters. The van der Waals surface area contributed by atoms with Gasteiger partial charge in [0.25, 0.3) is 0 Å². The fraction of sp³-hybridized carbons (Fsp3) is 0.588. The van der Waals surface area contributed by atoms with E-state index < -0.39 is 0 Å². The maximum atomic E-state index is 12.6. The van der Waals surface area contributed by atoms with Crippen LogP contribution >= 0.6 is 11.8 Å². The summed E-state index contributed by atoms with van der Waals surface area (Å²) in [6.45, 7) is 6.43. The number of hydrogen-bond acceptors (Lipinski definition) is 4. The predicted molar refractivity (Wildman–Crippen MR) is 88.2 cm³/mol. The Morgan fingerprint density at radius 3 is 2.81 bits per heavy atom. The van der Waals surface area contributed by atoms with E-state index in [9.17, 15) is 4.79 Å². The van der Waals surface area contributed by atoms with Crippen molar-refractivity contribution >= 4 is 17.5 Å². The summed E-state index contributed by atoms with van der Waals surface area (Å²) < 4.78 is 5.41. The number of Topliss-reactive ketones (excluding diaryl/α,β-unsaturated/α-hetero) is 1. The van der Waals surface area contributed by atoms with Crippen LogP contribution < -0.4 is 0 Å². The normalized spacial score (nSPS) is 19.6. The van der Waals surface area contributed by atoms with Crippen molar-refractivity contribution in [3.8, 4) is 0 Å². The summed E-state index contributed by atoms with van der Waals surface area (Å²) in [5, 5.41) is 0. The Hall–Kier alpha value is -0.840. The van der Waals surface area contributed by atoms with Gasteiger partial charge in [-0.15, -0.1) is 11.8 Å². The average Bonchev–Trinajstić information content (AvgIpc) is 2.55. The number of rotatable bonds is 7. The molecule has 1 saturated heterocycles. The maximum absolute atomic E-state index is 12.6. The van der Waals surface area contributed by atoms with E-state index in [0.717, 1.165) is 51.3 Å². The topological polar surface area (TPSA) is 29.5 Å². The number of ether oxygens (including phenoxy) is 1. The second-order valence-electron chi connectivity index (χ2n) is 5.43. The Morgan fingerprint density at radius 2 is 2.14 bits per heavy atom. The molecule has 0 bridgehead atoms. The zero-order valence-corrected chi connectivity index (χ0v) is 13.8. The molecule has 116 valence electrons. The number of hydrogen-bond donors (Lipinski definition) is 0. The maximum Gasteiger partial charge on any atom is 0.167 e. The Morgan fingerprint density at radius 1 is 1.38 bits per heavy atom.